The van der Waals surface area contributed by atoms with Gasteiger partial charge in [-0.15, -0.1) is 0 Å². The Hall–Kier alpha value is -0.830. The zero-order valence-corrected chi connectivity index (χ0v) is 14.7. The maximum atomic E-state index is 10.9. The quantitative estimate of drug-likeness (QED) is 0.258. The van der Waals surface area contributed by atoms with Crippen molar-refractivity contribution in [3.8, 4) is 0 Å². The van der Waals surface area contributed by atoms with E-state index in [1.54, 1.807) is 0 Å². The topological polar surface area (TPSA) is 46.5 Å². The first-order valence-electron chi connectivity index (χ1n) is 9.12. The number of carbonyl (C=O) groups is 1. The second-order valence-electron chi connectivity index (χ2n) is 6.08. The maximum absolute atomic E-state index is 10.9. The lowest BCUT2D eigenvalue weighted by atomic mass is 10.0. The second-order valence-corrected chi connectivity index (χ2v) is 6.08. The highest BCUT2D eigenvalue weighted by Crippen LogP contribution is 2.11. The minimum atomic E-state index is -0.262. The Morgan fingerprint density at radius 1 is 1.00 bits per heavy atom. The lowest BCUT2D eigenvalue weighted by molar-refractivity contribution is -0.140. The molecule has 130 valence electrons. The number of rotatable bonds is 15. The molecule has 22 heavy (non-hydrogen) atoms. The summed E-state index contributed by atoms with van der Waals surface area (Å²) >= 11 is 0. The molecule has 3 nitrogen and oxygen atoms in total. The highest BCUT2D eigenvalue weighted by atomic mass is 16.5. The molecule has 0 fully saturated rings. The Morgan fingerprint density at radius 2 is 1.64 bits per heavy atom. The Balaban J connectivity index is 3.26. The average Bonchev–Trinajstić information content (AvgIpc) is 2.52. The fourth-order valence-electron chi connectivity index (χ4n) is 2.47. The van der Waals surface area contributed by atoms with E-state index >= 15 is 0 Å². The van der Waals surface area contributed by atoms with Gasteiger partial charge < -0.3 is 9.84 Å². The third-order valence-corrected chi connectivity index (χ3v) is 3.94. The van der Waals surface area contributed by atoms with Crippen molar-refractivity contribution in [3.05, 3.63) is 12.2 Å². The van der Waals surface area contributed by atoms with Crippen molar-refractivity contribution in [1.29, 1.82) is 0 Å². The third kappa shape index (κ3) is 15.6. The molecule has 3 heteroatoms. The van der Waals surface area contributed by atoms with Crippen LogP contribution in [0.25, 0.3) is 0 Å². The maximum Gasteiger partial charge on any atom is 0.305 e. The summed E-state index contributed by atoms with van der Waals surface area (Å²) < 4.78 is 4.61. The molecule has 0 rings (SSSR count). The third-order valence-electron chi connectivity index (χ3n) is 3.94. The number of unbranched alkanes of at least 4 members (excludes halogenated alkanes) is 9. The molecule has 0 aromatic rings. The zero-order valence-electron chi connectivity index (χ0n) is 14.7. The number of hydrogen-bond donors (Lipinski definition) is 1. The van der Waals surface area contributed by atoms with Crippen LogP contribution in [0.15, 0.2) is 12.2 Å². The number of aliphatic hydroxyl groups is 1. The van der Waals surface area contributed by atoms with Crippen LogP contribution >= 0.6 is 0 Å². The number of allylic oxidation sites excluding steroid dienone is 1. The minimum absolute atomic E-state index is 0.100. The highest BCUT2D eigenvalue weighted by Gasteiger charge is 2.00. The highest BCUT2D eigenvalue weighted by molar-refractivity contribution is 5.68. The molecule has 0 aliphatic carbocycles. The van der Waals surface area contributed by atoms with E-state index in [0.29, 0.717) is 6.42 Å². The van der Waals surface area contributed by atoms with E-state index in [-0.39, 0.29) is 12.1 Å². The van der Waals surface area contributed by atoms with Crippen molar-refractivity contribution in [2.24, 2.45) is 0 Å². The van der Waals surface area contributed by atoms with Gasteiger partial charge in [-0.1, -0.05) is 70.4 Å². The van der Waals surface area contributed by atoms with Crippen LogP contribution in [0.3, 0.4) is 0 Å². The van der Waals surface area contributed by atoms with Gasteiger partial charge in [0.15, 0.2) is 0 Å². The van der Waals surface area contributed by atoms with Crippen molar-refractivity contribution in [3.63, 3.8) is 0 Å². The summed E-state index contributed by atoms with van der Waals surface area (Å²) in [5.41, 5.74) is 0. The number of hydrogen-bond acceptors (Lipinski definition) is 3. The zero-order chi connectivity index (χ0) is 16.5. The van der Waals surface area contributed by atoms with E-state index in [1.807, 2.05) is 6.08 Å². The van der Waals surface area contributed by atoms with Crippen molar-refractivity contribution >= 4 is 5.97 Å². The molecule has 0 radical (unpaired) electrons. The molecule has 0 aromatic carbocycles. The summed E-state index contributed by atoms with van der Waals surface area (Å²) in [6, 6.07) is 0. The van der Waals surface area contributed by atoms with Crippen molar-refractivity contribution in [2.75, 3.05) is 7.11 Å². The van der Waals surface area contributed by atoms with Crippen LogP contribution in [0.4, 0.5) is 0 Å². The van der Waals surface area contributed by atoms with Crippen LogP contribution in [0, 0.1) is 0 Å². The van der Waals surface area contributed by atoms with E-state index < -0.39 is 0 Å². The molecule has 0 heterocycles. The first kappa shape index (κ1) is 21.2. The van der Waals surface area contributed by atoms with Crippen LogP contribution in [-0.2, 0) is 9.53 Å². The Morgan fingerprint density at radius 3 is 2.27 bits per heavy atom. The van der Waals surface area contributed by atoms with Crippen molar-refractivity contribution in [1.82, 2.24) is 0 Å². The number of esters is 1. The summed E-state index contributed by atoms with van der Waals surface area (Å²) in [4.78, 5) is 10.9. The average molecular weight is 312 g/mol. The number of ether oxygens (including phenoxy) is 1. The van der Waals surface area contributed by atoms with Gasteiger partial charge in [0.2, 0.25) is 0 Å². The predicted molar refractivity (Wildman–Crippen MR) is 92.9 cm³/mol. The van der Waals surface area contributed by atoms with Crippen LogP contribution in [0.5, 0.6) is 0 Å². The van der Waals surface area contributed by atoms with E-state index in [9.17, 15) is 9.90 Å². The normalized spacial score (nSPS) is 12.7. The Kier molecular flexibility index (Phi) is 15.9. The molecule has 0 spiro atoms. The van der Waals surface area contributed by atoms with Crippen LogP contribution < -0.4 is 0 Å². The minimum Gasteiger partial charge on any atom is -0.469 e. The summed E-state index contributed by atoms with van der Waals surface area (Å²) in [5.74, 6) is -0.100. The lowest BCUT2D eigenvalue weighted by Gasteiger charge is -2.05. The molecular weight excluding hydrogens is 276 g/mol. The van der Waals surface area contributed by atoms with Crippen LogP contribution in [0.2, 0.25) is 0 Å². The van der Waals surface area contributed by atoms with E-state index in [4.69, 9.17) is 0 Å². The monoisotopic (exact) mass is 312 g/mol. The molecule has 1 N–H and O–H groups in total. The summed E-state index contributed by atoms with van der Waals surface area (Å²) in [7, 11) is 1.44. The van der Waals surface area contributed by atoms with Gasteiger partial charge in [-0.2, -0.15) is 0 Å². The van der Waals surface area contributed by atoms with Gasteiger partial charge in [0.25, 0.3) is 0 Å². The standard InChI is InChI=1S/C19H36O3/c1-3-4-5-9-12-15-18(20)16-13-10-7-6-8-11-14-17-19(21)22-2/h12,15,18,20H,3-11,13-14,16-17H2,1-2H3. The Bertz CT molecular complexity index is 274. The number of carbonyl (C=O) groups excluding carboxylic acids is 1. The van der Waals surface area contributed by atoms with Gasteiger partial charge in [0.1, 0.15) is 0 Å². The van der Waals surface area contributed by atoms with E-state index in [1.165, 1.54) is 52.1 Å². The fraction of sp³-hybridized carbons (Fsp3) is 0.842. The first-order valence-corrected chi connectivity index (χ1v) is 9.12. The largest absolute Gasteiger partial charge is 0.469 e. The van der Waals surface area contributed by atoms with Gasteiger partial charge in [-0.05, 0) is 25.7 Å². The van der Waals surface area contributed by atoms with E-state index in [2.05, 4.69) is 17.7 Å². The van der Waals surface area contributed by atoms with Crippen LogP contribution in [-0.4, -0.2) is 24.3 Å². The molecule has 0 bridgehead atoms. The number of aliphatic hydroxyl groups excluding tert-OH is 1. The molecule has 0 saturated carbocycles. The first-order chi connectivity index (χ1) is 10.7. The Labute approximate surface area is 137 Å². The molecule has 1 unspecified atom stereocenters. The molecule has 0 aliphatic heterocycles. The second kappa shape index (κ2) is 16.5. The predicted octanol–water partition coefficient (Wildman–Crippen LogP) is 5.17. The molecular formula is C19H36O3. The van der Waals surface area contributed by atoms with E-state index in [0.717, 1.165) is 32.1 Å². The van der Waals surface area contributed by atoms with Crippen LogP contribution in [0.1, 0.15) is 90.4 Å². The fourth-order valence-corrected chi connectivity index (χ4v) is 2.47. The van der Waals surface area contributed by atoms with Crippen molar-refractivity contribution < 1.29 is 14.6 Å². The van der Waals surface area contributed by atoms with Gasteiger partial charge in [0.05, 0.1) is 13.2 Å². The lowest BCUT2D eigenvalue weighted by Crippen LogP contribution is -2.01. The molecule has 0 aliphatic rings. The summed E-state index contributed by atoms with van der Waals surface area (Å²) in [6.45, 7) is 2.21. The SMILES string of the molecule is CCCCCC=CC(O)CCCCCCCCCC(=O)OC. The molecule has 0 aromatic heterocycles. The molecule has 0 amide bonds. The van der Waals surface area contributed by atoms with Gasteiger partial charge in [0, 0.05) is 6.42 Å². The van der Waals surface area contributed by atoms with Crippen molar-refractivity contribution in [2.45, 2.75) is 96.5 Å². The van der Waals surface area contributed by atoms with Gasteiger partial charge in [-0.3, -0.25) is 4.79 Å². The molecule has 0 saturated heterocycles. The smallest absolute Gasteiger partial charge is 0.305 e. The molecule has 1 atom stereocenters. The summed E-state index contributed by atoms with van der Waals surface area (Å²) in [5, 5.41) is 9.82. The van der Waals surface area contributed by atoms with Gasteiger partial charge >= 0.3 is 5.97 Å². The number of methoxy groups -OCH3 is 1. The summed E-state index contributed by atoms with van der Waals surface area (Å²) in [6.07, 6.45) is 18.1. The van der Waals surface area contributed by atoms with Gasteiger partial charge in [-0.25, -0.2) is 0 Å².